The van der Waals surface area contributed by atoms with Crippen LogP contribution in [-0.4, -0.2) is 27.5 Å². The highest BCUT2D eigenvalue weighted by Gasteiger charge is 2.27. The summed E-state index contributed by atoms with van der Waals surface area (Å²) in [5.41, 5.74) is 3.63. The number of anilines is 1. The number of nitrogens with zero attached hydrogens (tertiary/aromatic N) is 3. The van der Waals surface area contributed by atoms with Gasteiger partial charge in [-0.15, -0.1) is 0 Å². The van der Waals surface area contributed by atoms with E-state index in [1.165, 1.54) is 0 Å². The number of aryl methyl sites for hydroxylation is 2. The van der Waals surface area contributed by atoms with Crippen molar-refractivity contribution in [1.82, 2.24) is 14.5 Å². The second kappa shape index (κ2) is 10.1. The Labute approximate surface area is 214 Å². The van der Waals surface area contributed by atoms with Gasteiger partial charge in [0, 0.05) is 12.1 Å². The lowest BCUT2D eigenvalue weighted by molar-refractivity contribution is 0.199. The van der Waals surface area contributed by atoms with Crippen LogP contribution in [0.25, 0.3) is 16.6 Å². The third-order valence-corrected chi connectivity index (χ3v) is 6.59. The van der Waals surface area contributed by atoms with Gasteiger partial charge in [0.25, 0.3) is 5.56 Å². The summed E-state index contributed by atoms with van der Waals surface area (Å²) in [5.74, 6) is 0.489. The summed E-state index contributed by atoms with van der Waals surface area (Å²) in [4.78, 5) is 33.4. The molecule has 6 nitrogen and oxygen atoms in total. The van der Waals surface area contributed by atoms with Crippen LogP contribution in [-0.2, 0) is 0 Å². The van der Waals surface area contributed by atoms with E-state index in [0.717, 1.165) is 16.8 Å². The van der Waals surface area contributed by atoms with Crippen molar-refractivity contribution < 1.29 is 4.79 Å². The van der Waals surface area contributed by atoms with Crippen LogP contribution in [0.2, 0.25) is 10.0 Å². The number of hydrogen-bond donors (Lipinski definition) is 1. The fourth-order valence-corrected chi connectivity index (χ4v) is 4.68. The van der Waals surface area contributed by atoms with Crippen molar-refractivity contribution in [3.8, 4) is 5.69 Å². The zero-order valence-electron chi connectivity index (χ0n) is 20.0. The van der Waals surface area contributed by atoms with Gasteiger partial charge in [0.2, 0.25) is 0 Å². The zero-order valence-corrected chi connectivity index (χ0v) is 21.5. The molecule has 0 bridgehead atoms. The number of benzene rings is 3. The molecular weight excluding hydrogens is 483 g/mol. The first kappa shape index (κ1) is 24.8. The number of carbonyl (C=O) groups is 1. The Morgan fingerprint density at radius 3 is 2.51 bits per heavy atom. The van der Waals surface area contributed by atoms with Crippen LogP contribution in [0.5, 0.6) is 0 Å². The highest BCUT2D eigenvalue weighted by molar-refractivity contribution is 6.36. The lowest BCUT2D eigenvalue weighted by atomic mass is 10.1. The zero-order chi connectivity index (χ0) is 25.3. The number of fused-ring (bicyclic) bond motifs is 1. The van der Waals surface area contributed by atoms with E-state index in [2.05, 4.69) is 5.32 Å². The molecule has 1 unspecified atom stereocenters. The number of halogens is 2. The van der Waals surface area contributed by atoms with Gasteiger partial charge >= 0.3 is 6.03 Å². The van der Waals surface area contributed by atoms with Crippen molar-refractivity contribution >= 4 is 45.8 Å². The van der Waals surface area contributed by atoms with Gasteiger partial charge in [-0.05, 0) is 62.2 Å². The summed E-state index contributed by atoms with van der Waals surface area (Å²) in [6, 6.07) is 17.2. The van der Waals surface area contributed by atoms with Crippen molar-refractivity contribution in [2.45, 2.75) is 33.2 Å². The van der Waals surface area contributed by atoms with Gasteiger partial charge in [-0.3, -0.25) is 9.36 Å². The Morgan fingerprint density at radius 2 is 1.83 bits per heavy atom. The number of urea groups is 1. The maximum Gasteiger partial charge on any atom is 0.322 e. The number of para-hydroxylation sites is 1. The molecule has 1 N–H and O–H groups in total. The fraction of sp³-hybridized carbons (Fsp3) is 0.222. The fourth-order valence-electron chi connectivity index (χ4n) is 4.23. The first-order valence-corrected chi connectivity index (χ1v) is 12.0. The smallest absolute Gasteiger partial charge is 0.317 e. The SMILES string of the molecule is CCC(c1nc2ccccc2c(=O)n1-c1ccc(C)cc1C)N(C)C(=O)Nc1ccc(Cl)cc1Cl. The predicted octanol–water partition coefficient (Wildman–Crippen LogP) is 6.92. The lowest BCUT2D eigenvalue weighted by Crippen LogP contribution is -2.38. The van der Waals surface area contributed by atoms with E-state index in [4.69, 9.17) is 28.2 Å². The minimum Gasteiger partial charge on any atom is -0.317 e. The Kier molecular flexibility index (Phi) is 7.15. The van der Waals surface area contributed by atoms with E-state index in [1.807, 2.05) is 57.2 Å². The van der Waals surface area contributed by atoms with E-state index in [9.17, 15) is 9.59 Å². The van der Waals surface area contributed by atoms with Crippen LogP contribution in [0.3, 0.4) is 0 Å². The van der Waals surface area contributed by atoms with Crippen molar-refractivity contribution in [2.75, 3.05) is 12.4 Å². The summed E-state index contributed by atoms with van der Waals surface area (Å²) < 4.78 is 1.63. The molecule has 4 aromatic rings. The average Bonchev–Trinajstić information content (AvgIpc) is 2.82. The molecule has 35 heavy (non-hydrogen) atoms. The highest BCUT2D eigenvalue weighted by Crippen LogP contribution is 2.29. The predicted molar refractivity (Wildman–Crippen MR) is 143 cm³/mol. The summed E-state index contributed by atoms with van der Waals surface area (Å²) in [6.07, 6.45) is 0.536. The topological polar surface area (TPSA) is 67.2 Å². The molecule has 0 spiro atoms. The van der Waals surface area contributed by atoms with Gasteiger partial charge in [-0.2, -0.15) is 0 Å². The first-order chi connectivity index (χ1) is 16.7. The van der Waals surface area contributed by atoms with Gasteiger partial charge in [0.1, 0.15) is 5.82 Å². The van der Waals surface area contributed by atoms with Crippen LogP contribution in [0, 0.1) is 13.8 Å². The largest absolute Gasteiger partial charge is 0.322 e. The normalized spacial score (nSPS) is 11.9. The Morgan fingerprint density at radius 1 is 1.09 bits per heavy atom. The molecule has 0 saturated carbocycles. The molecule has 0 aliphatic carbocycles. The van der Waals surface area contributed by atoms with Crippen molar-refractivity contribution in [2.24, 2.45) is 0 Å². The molecule has 0 saturated heterocycles. The van der Waals surface area contributed by atoms with Gasteiger partial charge in [-0.25, -0.2) is 9.78 Å². The molecule has 8 heteroatoms. The van der Waals surface area contributed by atoms with Crippen LogP contribution >= 0.6 is 23.2 Å². The van der Waals surface area contributed by atoms with E-state index in [1.54, 1.807) is 40.8 Å². The number of carbonyl (C=O) groups excluding carboxylic acids is 1. The summed E-state index contributed by atoms with van der Waals surface area (Å²) in [5, 5.41) is 4.17. The Hall–Kier alpha value is -3.35. The number of hydrogen-bond acceptors (Lipinski definition) is 3. The maximum atomic E-state index is 13.7. The molecule has 1 heterocycles. The molecule has 180 valence electrons. The van der Waals surface area contributed by atoms with E-state index < -0.39 is 6.04 Å². The standard InChI is InChI=1S/C27H26Cl2N4O2/c1-5-23(32(4)27(35)31-22-12-11-18(28)15-20(22)29)25-30-21-9-7-6-8-19(21)26(34)33(25)24-13-10-16(2)14-17(24)3/h6-15,23H,5H2,1-4H3,(H,31,35). The molecule has 1 atom stereocenters. The summed E-state index contributed by atoms with van der Waals surface area (Å²) >= 11 is 12.2. The average molecular weight is 509 g/mol. The van der Waals surface area contributed by atoms with Crippen molar-refractivity contribution in [3.05, 3.63) is 98.0 Å². The number of rotatable bonds is 5. The summed E-state index contributed by atoms with van der Waals surface area (Å²) in [7, 11) is 1.68. The van der Waals surface area contributed by atoms with E-state index >= 15 is 0 Å². The monoisotopic (exact) mass is 508 g/mol. The quantitative estimate of drug-likeness (QED) is 0.318. The molecule has 0 aliphatic heterocycles. The van der Waals surface area contributed by atoms with Crippen LogP contribution in [0.4, 0.5) is 10.5 Å². The maximum absolute atomic E-state index is 13.7. The molecule has 0 fully saturated rings. The van der Waals surface area contributed by atoms with E-state index in [-0.39, 0.29) is 11.6 Å². The first-order valence-electron chi connectivity index (χ1n) is 11.3. The van der Waals surface area contributed by atoms with Crippen LogP contribution in [0.1, 0.15) is 36.3 Å². The summed E-state index contributed by atoms with van der Waals surface area (Å²) in [6.45, 7) is 5.93. The lowest BCUT2D eigenvalue weighted by Gasteiger charge is -2.29. The van der Waals surface area contributed by atoms with Crippen LogP contribution < -0.4 is 10.9 Å². The molecular formula is C27H26Cl2N4O2. The minimum atomic E-state index is -0.487. The van der Waals surface area contributed by atoms with Crippen molar-refractivity contribution in [1.29, 1.82) is 0 Å². The molecule has 2 amide bonds. The molecule has 1 aromatic heterocycles. The Balaban J connectivity index is 1.84. The minimum absolute atomic E-state index is 0.175. The molecule has 4 rings (SSSR count). The van der Waals surface area contributed by atoms with Gasteiger partial charge in [0.05, 0.1) is 33.3 Å². The number of aromatic nitrogens is 2. The van der Waals surface area contributed by atoms with Crippen molar-refractivity contribution in [3.63, 3.8) is 0 Å². The number of amides is 2. The third kappa shape index (κ3) is 4.90. The number of nitrogens with one attached hydrogen (secondary N) is 1. The highest BCUT2D eigenvalue weighted by atomic mass is 35.5. The van der Waals surface area contributed by atoms with Gasteiger partial charge < -0.3 is 10.2 Å². The van der Waals surface area contributed by atoms with Crippen LogP contribution in [0.15, 0.2) is 65.5 Å². The Bertz CT molecular complexity index is 1480. The molecule has 3 aromatic carbocycles. The van der Waals surface area contributed by atoms with Gasteiger partial charge in [0.15, 0.2) is 0 Å². The second-order valence-corrected chi connectivity index (χ2v) is 9.35. The third-order valence-electron chi connectivity index (χ3n) is 6.04. The molecule has 0 aliphatic rings. The second-order valence-electron chi connectivity index (χ2n) is 8.51. The van der Waals surface area contributed by atoms with E-state index in [0.29, 0.717) is 38.9 Å². The van der Waals surface area contributed by atoms with Gasteiger partial charge in [-0.1, -0.05) is 60.0 Å². The molecule has 0 radical (unpaired) electrons.